The second kappa shape index (κ2) is 8.41. The van der Waals surface area contributed by atoms with Gasteiger partial charge in [0.1, 0.15) is 5.82 Å². The lowest BCUT2D eigenvalue weighted by atomic mass is 10.1. The minimum atomic E-state index is -1.09. The molecule has 0 bridgehead atoms. The average molecular weight is 431 g/mol. The van der Waals surface area contributed by atoms with Crippen molar-refractivity contribution in [2.75, 3.05) is 37.6 Å². The third-order valence-corrected chi connectivity index (χ3v) is 5.66. The summed E-state index contributed by atoms with van der Waals surface area (Å²) < 4.78 is 40.5. The fraction of sp³-hybridized carbons (Fsp3) is 0.318. The zero-order valence-electron chi connectivity index (χ0n) is 16.6. The molecule has 2 saturated heterocycles. The van der Waals surface area contributed by atoms with Gasteiger partial charge in [-0.1, -0.05) is 12.1 Å². The Kier molecular flexibility index (Phi) is 5.67. The highest BCUT2D eigenvalue weighted by atomic mass is 19.2. The monoisotopic (exact) mass is 431 g/mol. The molecule has 0 radical (unpaired) electrons. The molecule has 6 nitrogen and oxygen atoms in total. The van der Waals surface area contributed by atoms with Crippen LogP contribution in [-0.4, -0.2) is 60.2 Å². The Morgan fingerprint density at radius 2 is 1.52 bits per heavy atom. The van der Waals surface area contributed by atoms with Gasteiger partial charge in [0, 0.05) is 44.7 Å². The van der Waals surface area contributed by atoms with Gasteiger partial charge in [-0.15, -0.1) is 0 Å². The van der Waals surface area contributed by atoms with Crippen molar-refractivity contribution in [2.24, 2.45) is 5.92 Å². The SMILES string of the molecule is O=C(c1ccc(F)c(F)c1)N1CCN(C(=O)C2CC(=O)N(c3ccccc3F)C2)CC1. The van der Waals surface area contributed by atoms with Gasteiger partial charge in [-0.25, -0.2) is 13.2 Å². The number of carbonyl (C=O) groups is 3. The molecule has 0 aliphatic carbocycles. The van der Waals surface area contributed by atoms with Gasteiger partial charge < -0.3 is 14.7 Å². The topological polar surface area (TPSA) is 60.9 Å². The number of nitrogens with zero attached hydrogens (tertiary/aromatic N) is 3. The van der Waals surface area contributed by atoms with Gasteiger partial charge in [-0.2, -0.15) is 0 Å². The van der Waals surface area contributed by atoms with Gasteiger partial charge >= 0.3 is 0 Å². The van der Waals surface area contributed by atoms with Crippen LogP contribution in [-0.2, 0) is 9.59 Å². The summed E-state index contributed by atoms with van der Waals surface area (Å²) in [7, 11) is 0. The zero-order valence-corrected chi connectivity index (χ0v) is 16.6. The van der Waals surface area contributed by atoms with Crippen molar-refractivity contribution in [3.05, 3.63) is 65.5 Å². The number of piperazine rings is 1. The maximum Gasteiger partial charge on any atom is 0.254 e. The van der Waals surface area contributed by atoms with Crippen LogP contribution < -0.4 is 4.90 Å². The third-order valence-electron chi connectivity index (χ3n) is 5.66. The fourth-order valence-electron chi connectivity index (χ4n) is 3.98. The van der Waals surface area contributed by atoms with Crippen molar-refractivity contribution in [3.63, 3.8) is 0 Å². The van der Waals surface area contributed by atoms with E-state index in [1.807, 2.05) is 0 Å². The lowest BCUT2D eigenvalue weighted by molar-refractivity contribution is -0.137. The van der Waals surface area contributed by atoms with E-state index < -0.39 is 29.3 Å². The molecular formula is C22H20F3N3O3. The molecule has 4 rings (SSSR count). The van der Waals surface area contributed by atoms with Gasteiger partial charge in [0.25, 0.3) is 5.91 Å². The van der Waals surface area contributed by atoms with Gasteiger partial charge in [-0.3, -0.25) is 14.4 Å². The molecule has 1 atom stereocenters. The summed E-state index contributed by atoms with van der Waals surface area (Å²) in [5.74, 6) is -4.18. The van der Waals surface area contributed by atoms with E-state index in [0.717, 1.165) is 12.1 Å². The first-order chi connectivity index (χ1) is 14.8. The molecule has 0 aromatic heterocycles. The third kappa shape index (κ3) is 4.12. The van der Waals surface area contributed by atoms with E-state index in [1.54, 1.807) is 11.0 Å². The predicted molar refractivity (Wildman–Crippen MR) is 106 cm³/mol. The minimum absolute atomic E-state index is 0.00116. The lowest BCUT2D eigenvalue weighted by Crippen LogP contribution is -2.52. The standard InChI is InChI=1S/C22H20F3N3O3/c23-16-6-5-14(11-18(16)25)21(30)26-7-9-27(10-8-26)22(31)15-12-20(29)28(13-15)19-4-2-1-3-17(19)24/h1-6,11,15H,7-10,12-13H2. The van der Waals surface area contributed by atoms with E-state index in [4.69, 9.17) is 0 Å². The quantitative estimate of drug-likeness (QED) is 0.750. The molecule has 2 heterocycles. The summed E-state index contributed by atoms with van der Waals surface area (Å²) in [4.78, 5) is 42.1. The summed E-state index contributed by atoms with van der Waals surface area (Å²) in [6.07, 6.45) is 0.00116. The van der Waals surface area contributed by atoms with Crippen molar-refractivity contribution in [2.45, 2.75) is 6.42 Å². The summed E-state index contributed by atoms with van der Waals surface area (Å²) in [6, 6.07) is 8.91. The fourth-order valence-corrected chi connectivity index (χ4v) is 3.98. The number of amides is 3. The van der Waals surface area contributed by atoms with Gasteiger partial charge in [0.2, 0.25) is 11.8 Å². The Bertz CT molecular complexity index is 1040. The molecule has 9 heteroatoms. The molecule has 2 aromatic carbocycles. The molecule has 2 aliphatic rings. The van der Waals surface area contributed by atoms with Crippen LogP contribution in [0.5, 0.6) is 0 Å². The average Bonchev–Trinajstić information content (AvgIpc) is 3.16. The van der Waals surface area contributed by atoms with Crippen LogP contribution in [0.4, 0.5) is 18.9 Å². The van der Waals surface area contributed by atoms with E-state index in [9.17, 15) is 27.6 Å². The van der Waals surface area contributed by atoms with E-state index in [-0.39, 0.29) is 62.2 Å². The summed E-state index contributed by atoms with van der Waals surface area (Å²) in [6.45, 7) is 1.10. The molecular weight excluding hydrogens is 411 g/mol. The molecule has 2 aliphatic heterocycles. The molecule has 0 saturated carbocycles. The van der Waals surface area contributed by atoms with Crippen LogP contribution in [0.1, 0.15) is 16.8 Å². The van der Waals surface area contributed by atoms with Crippen molar-refractivity contribution >= 4 is 23.4 Å². The van der Waals surface area contributed by atoms with Crippen molar-refractivity contribution in [1.29, 1.82) is 0 Å². The number of hydrogen-bond donors (Lipinski definition) is 0. The van der Waals surface area contributed by atoms with E-state index in [2.05, 4.69) is 0 Å². The largest absolute Gasteiger partial charge is 0.339 e. The highest BCUT2D eigenvalue weighted by Gasteiger charge is 2.39. The van der Waals surface area contributed by atoms with Gasteiger partial charge in [0.05, 0.1) is 11.6 Å². The highest BCUT2D eigenvalue weighted by Crippen LogP contribution is 2.28. The first-order valence-corrected chi connectivity index (χ1v) is 9.93. The second-order valence-corrected chi connectivity index (χ2v) is 7.60. The Morgan fingerprint density at radius 3 is 2.19 bits per heavy atom. The van der Waals surface area contributed by atoms with Gasteiger partial charge in [0.15, 0.2) is 11.6 Å². The summed E-state index contributed by atoms with van der Waals surface area (Å²) >= 11 is 0. The maximum absolute atomic E-state index is 14.0. The first kappa shape index (κ1) is 20.9. The second-order valence-electron chi connectivity index (χ2n) is 7.60. The van der Waals surface area contributed by atoms with Crippen LogP contribution >= 0.6 is 0 Å². The number of halogens is 3. The molecule has 1 unspecified atom stereocenters. The summed E-state index contributed by atoms with van der Waals surface area (Å²) in [5.41, 5.74) is 0.199. The van der Waals surface area contributed by atoms with E-state index in [0.29, 0.717) is 0 Å². The molecule has 162 valence electrons. The molecule has 3 amide bonds. The van der Waals surface area contributed by atoms with Crippen molar-refractivity contribution in [1.82, 2.24) is 9.80 Å². The highest BCUT2D eigenvalue weighted by molar-refractivity contribution is 6.00. The normalized spacial score (nSPS) is 19.1. The van der Waals surface area contributed by atoms with Crippen LogP contribution in [0.3, 0.4) is 0 Å². The maximum atomic E-state index is 14.0. The number of anilines is 1. The predicted octanol–water partition coefficient (Wildman–Crippen LogP) is 2.44. The van der Waals surface area contributed by atoms with Crippen LogP contribution in [0.15, 0.2) is 42.5 Å². The van der Waals surface area contributed by atoms with Crippen LogP contribution in [0, 0.1) is 23.4 Å². The van der Waals surface area contributed by atoms with Crippen LogP contribution in [0.25, 0.3) is 0 Å². The Hall–Kier alpha value is -3.36. The molecule has 31 heavy (non-hydrogen) atoms. The van der Waals surface area contributed by atoms with Gasteiger partial charge in [-0.05, 0) is 30.3 Å². The van der Waals surface area contributed by atoms with Crippen molar-refractivity contribution < 1.29 is 27.6 Å². The Labute approximate surface area is 176 Å². The molecule has 0 N–H and O–H groups in total. The van der Waals surface area contributed by atoms with E-state index >= 15 is 0 Å². The van der Waals surface area contributed by atoms with Crippen LogP contribution in [0.2, 0.25) is 0 Å². The first-order valence-electron chi connectivity index (χ1n) is 9.93. The Morgan fingerprint density at radius 1 is 0.839 bits per heavy atom. The summed E-state index contributed by atoms with van der Waals surface area (Å²) in [5, 5.41) is 0. The molecule has 0 spiro atoms. The molecule has 2 fully saturated rings. The van der Waals surface area contributed by atoms with E-state index in [1.165, 1.54) is 34.1 Å². The number of carbonyl (C=O) groups excluding carboxylic acids is 3. The van der Waals surface area contributed by atoms with Crippen molar-refractivity contribution in [3.8, 4) is 0 Å². The smallest absolute Gasteiger partial charge is 0.254 e. The lowest BCUT2D eigenvalue weighted by Gasteiger charge is -2.36. The number of para-hydroxylation sites is 1. The number of hydrogen-bond acceptors (Lipinski definition) is 3. The number of benzene rings is 2. The minimum Gasteiger partial charge on any atom is -0.339 e. The Balaban J connectivity index is 1.36. The molecule has 2 aromatic rings. The number of rotatable bonds is 3. The zero-order chi connectivity index (χ0) is 22.1.